The van der Waals surface area contributed by atoms with Gasteiger partial charge in [-0.05, 0) is 34.2 Å². The Kier molecular flexibility index (Phi) is 6.81. The van der Waals surface area contributed by atoms with Gasteiger partial charge in [0.25, 0.3) is 0 Å². The molecule has 0 saturated heterocycles. The van der Waals surface area contributed by atoms with Gasteiger partial charge in [-0.1, -0.05) is 42.5 Å². The number of hydrogen-bond acceptors (Lipinski definition) is 5. The largest absolute Gasteiger partial charge is 0.445 e. The summed E-state index contributed by atoms with van der Waals surface area (Å²) in [6.45, 7) is 4.18. The smallest absolute Gasteiger partial charge is 0.407 e. The van der Waals surface area contributed by atoms with Crippen molar-refractivity contribution in [3.8, 4) is 11.1 Å². The second-order valence-electron chi connectivity index (χ2n) is 6.70. The SMILES string of the molecule is NCCN(CCN)CCNC(=O)OCc1cccc2c1Cc1ccccc1-2. The number of hydrogen-bond donors (Lipinski definition) is 3. The molecular weight excluding hydrogens is 340 g/mol. The van der Waals surface area contributed by atoms with Crippen LogP contribution in [0.5, 0.6) is 0 Å². The highest BCUT2D eigenvalue weighted by Crippen LogP contribution is 2.38. The average Bonchev–Trinajstić information content (AvgIpc) is 3.06. The van der Waals surface area contributed by atoms with Crippen LogP contribution in [0.2, 0.25) is 0 Å². The van der Waals surface area contributed by atoms with Gasteiger partial charge in [-0.2, -0.15) is 0 Å². The number of rotatable bonds is 9. The van der Waals surface area contributed by atoms with Gasteiger partial charge in [0.05, 0.1) is 0 Å². The zero-order chi connectivity index (χ0) is 19.1. The number of nitrogens with zero attached hydrogens (tertiary/aromatic N) is 1. The van der Waals surface area contributed by atoms with Gasteiger partial charge < -0.3 is 21.5 Å². The summed E-state index contributed by atoms with van der Waals surface area (Å²) in [5, 5.41) is 2.80. The van der Waals surface area contributed by atoms with Crippen LogP contribution in [0, 0.1) is 0 Å². The summed E-state index contributed by atoms with van der Waals surface area (Å²) in [7, 11) is 0. The Morgan fingerprint density at radius 2 is 1.74 bits per heavy atom. The first-order chi connectivity index (χ1) is 13.2. The molecule has 0 aromatic heterocycles. The van der Waals surface area contributed by atoms with E-state index in [4.69, 9.17) is 16.2 Å². The van der Waals surface area contributed by atoms with Gasteiger partial charge >= 0.3 is 6.09 Å². The highest BCUT2D eigenvalue weighted by molar-refractivity contribution is 5.78. The Bertz CT molecular complexity index is 773. The molecule has 0 saturated carbocycles. The van der Waals surface area contributed by atoms with Crippen LogP contribution in [-0.2, 0) is 17.8 Å². The van der Waals surface area contributed by atoms with Gasteiger partial charge in [-0.15, -0.1) is 0 Å². The number of fused-ring (bicyclic) bond motifs is 3. The van der Waals surface area contributed by atoms with Gasteiger partial charge in [-0.25, -0.2) is 4.79 Å². The minimum absolute atomic E-state index is 0.276. The lowest BCUT2D eigenvalue weighted by Crippen LogP contribution is -2.40. The average molecular weight is 368 g/mol. The zero-order valence-electron chi connectivity index (χ0n) is 15.6. The lowest BCUT2D eigenvalue weighted by molar-refractivity contribution is 0.138. The first-order valence-corrected chi connectivity index (χ1v) is 9.45. The Morgan fingerprint density at radius 1 is 1.00 bits per heavy atom. The van der Waals surface area contributed by atoms with E-state index in [0.29, 0.717) is 26.2 Å². The summed E-state index contributed by atoms with van der Waals surface area (Å²) in [5.74, 6) is 0. The van der Waals surface area contributed by atoms with Gasteiger partial charge in [0.1, 0.15) is 6.61 Å². The fourth-order valence-electron chi connectivity index (χ4n) is 3.57. The number of nitrogens with one attached hydrogen (secondary N) is 1. The molecular formula is C21H28N4O2. The molecule has 3 rings (SSSR count). The zero-order valence-corrected chi connectivity index (χ0v) is 15.6. The van der Waals surface area contributed by atoms with E-state index in [-0.39, 0.29) is 6.61 Å². The highest BCUT2D eigenvalue weighted by Gasteiger charge is 2.20. The van der Waals surface area contributed by atoms with Crippen molar-refractivity contribution in [2.75, 3.05) is 39.3 Å². The molecule has 144 valence electrons. The second kappa shape index (κ2) is 9.50. The molecule has 0 heterocycles. The number of amides is 1. The van der Waals surface area contributed by atoms with Crippen molar-refractivity contribution in [1.29, 1.82) is 0 Å². The summed E-state index contributed by atoms with van der Waals surface area (Å²) >= 11 is 0. The minimum Gasteiger partial charge on any atom is -0.445 e. The van der Waals surface area contributed by atoms with Gasteiger partial charge in [0, 0.05) is 39.3 Å². The lowest BCUT2D eigenvalue weighted by atomic mass is 10.0. The molecule has 0 spiro atoms. The van der Waals surface area contributed by atoms with Gasteiger partial charge in [-0.3, -0.25) is 4.90 Å². The number of benzene rings is 2. The maximum atomic E-state index is 12.0. The highest BCUT2D eigenvalue weighted by atomic mass is 16.5. The molecule has 0 atom stereocenters. The monoisotopic (exact) mass is 368 g/mol. The molecule has 27 heavy (non-hydrogen) atoms. The van der Waals surface area contributed by atoms with Crippen molar-refractivity contribution in [3.05, 3.63) is 59.2 Å². The van der Waals surface area contributed by atoms with E-state index in [0.717, 1.165) is 25.1 Å². The molecule has 1 aliphatic carbocycles. The summed E-state index contributed by atoms with van der Waals surface area (Å²) in [6, 6.07) is 14.6. The third-order valence-electron chi connectivity index (χ3n) is 4.89. The van der Waals surface area contributed by atoms with Crippen LogP contribution in [0.3, 0.4) is 0 Å². The predicted molar refractivity (Wildman–Crippen MR) is 107 cm³/mol. The number of nitrogens with two attached hydrogens (primary N) is 2. The molecule has 6 nitrogen and oxygen atoms in total. The number of alkyl carbamates (subject to hydrolysis) is 1. The van der Waals surface area contributed by atoms with Crippen LogP contribution in [0.15, 0.2) is 42.5 Å². The van der Waals surface area contributed by atoms with Crippen LogP contribution < -0.4 is 16.8 Å². The second-order valence-corrected chi connectivity index (χ2v) is 6.70. The Hall–Kier alpha value is -2.41. The summed E-state index contributed by atoms with van der Waals surface area (Å²) in [6.07, 6.45) is 0.489. The molecule has 6 heteroatoms. The summed E-state index contributed by atoms with van der Waals surface area (Å²) in [5.41, 5.74) is 17.3. The van der Waals surface area contributed by atoms with Crippen LogP contribution in [0.25, 0.3) is 11.1 Å². The van der Waals surface area contributed by atoms with Crippen molar-refractivity contribution >= 4 is 6.09 Å². The van der Waals surface area contributed by atoms with Crippen molar-refractivity contribution in [1.82, 2.24) is 10.2 Å². The molecule has 0 radical (unpaired) electrons. The summed E-state index contributed by atoms with van der Waals surface area (Å²) < 4.78 is 5.44. The van der Waals surface area contributed by atoms with Crippen molar-refractivity contribution in [2.24, 2.45) is 11.5 Å². The maximum Gasteiger partial charge on any atom is 0.407 e. The van der Waals surface area contributed by atoms with Gasteiger partial charge in [0.15, 0.2) is 0 Å². The molecule has 2 aromatic carbocycles. The maximum absolute atomic E-state index is 12.0. The van der Waals surface area contributed by atoms with E-state index < -0.39 is 6.09 Å². The molecule has 2 aromatic rings. The normalized spacial score (nSPS) is 12.0. The number of carbonyl (C=O) groups excluding carboxylic acids is 1. The standard InChI is InChI=1S/C21H28N4O2/c22-8-11-25(12-9-23)13-10-24-21(26)27-15-17-5-3-7-19-18-6-2-1-4-16(18)14-20(17)19/h1-7H,8-15,22-23H2,(H,24,26). The van der Waals surface area contributed by atoms with Crippen LogP contribution in [-0.4, -0.2) is 50.3 Å². The fourth-order valence-corrected chi connectivity index (χ4v) is 3.57. The molecule has 0 bridgehead atoms. The summed E-state index contributed by atoms with van der Waals surface area (Å²) in [4.78, 5) is 14.2. The van der Waals surface area contributed by atoms with E-state index in [1.807, 2.05) is 12.1 Å². The quantitative estimate of drug-likeness (QED) is 0.535. The molecule has 0 unspecified atom stereocenters. The van der Waals surface area contributed by atoms with E-state index >= 15 is 0 Å². The van der Waals surface area contributed by atoms with E-state index in [1.165, 1.54) is 22.3 Å². The van der Waals surface area contributed by atoms with E-state index in [1.54, 1.807) is 0 Å². The molecule has 0 aliphatic heterocycles. The molecule has 5 N–H and O–H groups in total. The Labute approximate surface area is 160 Å². The number of ether oxygens (including phenoxy) is 1. The van der Waals surface area contributed by atoms with Gasteiger partial charge in [0.2, 0.25) is 0 Å². The molecule has 0 fully saturated rings. The lowest BCUT2D eigenvalue weighted by Gasteiger charge is -2.20. The van der Waals surface area contributed by atoms with Crippen LogP contribution in [0.1, 0.15) is 16.7 Å². The Balaban J connectivity index is 1.50. The van der Waals surface area contributed by atoms with E-state index in [2.05, 4.69) is 40.5 Å². The van der Waals surface area contributed by atoms with Crippen molar-refractivity contribution in [3.63, 3.8) is 0 Å². The molecule has 1 amide bonds. The van der Waals surface area contributed by atoms with Crippen LogP contribution in [0.4, 0.5) is 4.79 Å². The molecule has 1 aliphatic rings. The van der Waals surface area contributed by atoms with Crippen LogP contribution >= 0.6 is 0 Å². The van der Waals surface area contributed by atoms with E-state index in [9.17, 15) is 4.79 Å². The van der Waals surface area contributed by atoms with Crippen molar-refractivity contribution < 1.29 is 9.53 Å². The first-order valence-electron chi connectivity index (χ1n) is 9.45. The predicted octanol–water partition coefficient (Wildman–Crippen LogP) is 1.70. The fraction of sp³-hybridized carbons (Fsp3) is 0.381. The topological polar surface area (TPSA) is 93.6 Å². The van der Waals surface area contributed by atoms with Crippen molar-refractivity contribution in [2.45, 2.75) is 13.0 Å². The Morgan fingerprint density at radius 3 is 2.52 bits per heavy atom. The minimum atomic E-state index is -0.399. The number of carbonyl (C=O) groups is 1. The third kappa shape index (κ3) is 4.86. The third-order valence-corrected chi connectivity index (χ3v) is 4.89. The first kappa shape index (κ1) is 19.4.